The van der Waals surface area contributed by atoms with Crippen molar-refractivity contribution in [1.29, 1.82) is 0 Å². The van der Waals surface area contributed by atoms with Gasteiger partial charge in [0.1, 0.15) is 0 Å². The molecule has 23 heavy (non-hydrogen) atoms. The molecule has 0 saturated heterocycles. The van der Waals surface area contributed by atoms with Crippen LogP contribution in [0, 0.1) is 5.92 Å². The zero-order chi connectivity index (χ0) is 16.9. The molecule has 0 heterocycles. The lowest BCUT2D eigenvalue weighted by atomic mass is 10.1. The van der Waals surface area contributed by atoms with Crippen molar-refractivity contribution in [2.75, 3.05) is 30.3 Å². The molecule has 7 heteroatoms. The van der Waals surface area contributed by atoms with E-state index in [4.69, 9.17) is 0 Å². The first-order valence-corrected chi connectivity index (χ1v) is 7.86. The molecule has 1 saturated carbocycles. The lowest BCUT2D eigenvalue weighted by Crippen LogP contribution is -2.29. The maximum absolute atomic E-state index is 12.8. The van der Waals surface area contributed by atoms with Gasteiger partial charge < -0.3 is 16.0 Å². The van der Waals surface area contributed by atoms with Crippen LogP contribution in [0.5, 0.6) is 0 Å². The van der Waals surface area contributed by atoms with Crippen molar-refractivity contribution >= 4 is 17.3 Å². The van der Waals surface area contributed by atoms with Gasteiger partial charge in [-0.15, -0.1) is 0 Å². The SMILES string of the molecule is CCCNc1ccc(C(F)(F)F)cc1NC(=O)CNCC1CC1. The fraction of sp³-hybridized carbons (Fsp3) is 0.562. The van der Waals surface area contributed by atoms with Crippen molar-refractivity contribution in [3.63, 3.8) is 0 Å². The van der Waals surface area contributed by atoms with E-state index in [1.54, 1.807) is 0 Å². The van der Waals surface area contributed by atoms with Crippen LogP contribution in [0.4, 0.5) is 24.5 Å². The minimum atomic E-state index is -4.44. The first kappa shape index (κ1) is 17.6. The molecule has 1 aliphatic carbocycles. The van der Waals surface area contributed by atoms with Crippen LogP contribution >= 0.6 is 0 Å². The molecule has 1 aromatic rings. The number of amides is 1. The molecule has 1 aromatic carbocycles. The largest absolute Gasteiger partial charge is 0.416 e. The van der Waals surface area contributed by atoms with Crippen molar-refractivity contribution < 1.29 is 18.0 Å². The lowest BCUT2D eigenvalue weighted by molar-refractivity contribution is -0.137. The molecule has 1 fully saturated rings. The van der Waals surface area contributed by atoms with Gasteiger partial charge in [0, 0.05) is 6.54 Å². The zero-order valence-electron chi connectivity index (χ0n) is 13.1. The predicted molar refractivity (Wildman–Crippen MR) is 84.4 cm³/mol. The van der Waals surface area contributed by atoms with E-state index >= 15 is 0 Å². The topological polar surface area (TPSA) is 53.2 Å². The smallest absolute Gasteiger partial charge is 0.383 e. The maximum Gasteiger partial charge on any atom is 0.416 e. The van der Waals surface area contributed by atoms with Crippen LogP contribution in [0.25, 0.3) is 0 Å². The maximum atomic E-state index is 12.8. The van der Waals surface area contributed by atoms with E-state index in [-0.39, 0.29) is 18.1 Å². The van der Waals surface area contributed by atoms with Crippen LogP contribution in [0.3, 0.4) is 0 Å². The van der Waals surface area contributed by atoms with Crippen LogP contribution < -0.4 is 16.0 Å². The second-order valence-corrected chi connectivity index (χ2v) is 5.81. The van der Waals surface area contributed by atoms with Crippen molar-refractivity contribution in [1.82, 2.24) is 5.32 Å². The summed E-state index contributed by atoms with van der Waals surface area (Å²) >= 11 is 0. The third kappa shape index (κ3) is 5.74. The molecule has 2 rings (SSSR count). The van der Waals surface area contributed by atoms with Crippen LogP contribution in [0.1, 0.15) is 31.7 Å². The average molecular weight is 329 g/mol. The van der Waals surface area contributed by atoms with Gasteiger partial charge in [-0.2, -0.15) is 13.2 Å². The first-order chi connectivity index (χ1) is 10.9. The Morgan fingerprint density at radius 3 is 2.61 bits per heavy atom. The summed E-state index contributed by atoms with van der Waals surface area (Å²) < 4.78 is 38.5. The number of anilines is 2. The number of hydrogen-bond donors (Lipinski definition) is 3. The Morgan fingerprint density at radius 2 is 2.00 bits per heavy atom. The molecule has 1 amide bonds. The summed E-state index contributed by atoms with van der Waals surface area (Å²) in [6.07, 6.45) is -1.26. The zero-order valence-corrected chi connectivity index (χ0v) is 13.1. The van der Waals surface area contributed by atoms with Gasteiger partial charge in [0.2, 0.25) is 5.91 Å². The van der Waals surface area contributed by atoms with Crippen LogP contribution in [-0.4, -0.2) is 25.5 Å². The van der Waals surface area contributed by atoms with Crippen LogP contribution in [0.2, 0.25) is 0 Å². The number of benzene rings is 1. The summed E-state index contributed by atoms with van der Waals surface area (Å²) in [6.45, 7) is 3.45. The predicted octanol–water partition coefficient (Wildman–Crippen LogP) is 3.47. The number of rotatable bonds is 8. The molecule has 1 aliphatic rings. The number of nitrogens with one attached hydrogen (secondary N) is 3. The van der Waals surface area contributed by atoms with Crippen molar-refractivity contribution in [2.24, 2.45) is 5.92 Å². The molecule has 0 aliphatic heterocycles. The summed E-state index contributed by atoms with van der Waals surface area (Å²) in [6, 6.07) is 3.33. The van der Waals surface area contributed by atoms with Gasteiger partial charge in [-0.05, 0) is 49.9 Å². The molecule has 0 radical (unpaired) electrons. The highest BCUT2D eigenvalue weighted by Gasteiger charge is 2.31. The van der Waals surface area contributed by atoms with Crippen LogP contribution in [0.15, 0.2) is 18.2 Å². The number of carbonyl (C=O) groups is 1. The Hall–Kier alpha value is -1.76. The van der Waals surface area contributed by atoms with E-state index in [1.165, 1.54) is 18.9 Å². The Kier molecular flexibility index (Phi) is 5.87. The molecule has 4 nitrogen and oxygen atoms in total. The fourth-order valence-electron chi connectivity index (χ4n) is 2.14. The van der Waals surface area contributed by atoms with Crippen molar-refractivity contribution in [3.8, 4) is 0 Å². The Morgan fingerprint density at radius 1 is 1.26 bits per heavy atom. The molecule has 0 atom stereocenters. The van der Waals surface area contributed by atoms with E-state index in [1.807, 2.05) is 6.92 Å². The number of carbonyl (C=O) groups excluding carboxylic acids is 1. The average Bonchev–Trinajstić information content (AvgIpc) is 3.29. The second-order valence-electron chi connectivity index (χ2n) is 5.81. The molecule has 0 spiro atoms. The second kappa shape index (κ2) is 7.68. The summed E-state index contributed by atoms with van der Waals surface area (Å²) in [5, 5.41) is 8.61. The third-order valence-electron chi connectivity index (χ3n) is 3.60. The normalized spacial score (nSPS) is 14.6. The van der Waals surface area contributed by atoms with Crippen molar-refractivity contribution in [2.45, 2.75) is 32.4 Å². The van der Waals surface area contributed by atoms with Gasteiger partial charge in [0.05, 0.1) is 23.5 Å². The lowest BCUT2D eigenvalue weighted by Gasteiger charge is -2.16. The van der Waals surface area contributed by atoms with E-state index in [0.717, 1.165) is 25.1 Å². The van der Waals surface area contributed by atoms with E-state index in [9.17, 15) is 18.0 Å². The van der Waals surface area contributed by atoms with Gasteiger partial charge in [0.25, 0.3) is 0 Å². The van der Waals surface area contributed by atoms with E-state index in [0.29, 0.717) is 18.2 Å². The summed E-state index contributed by atoms with van der Waals surface area (Å²) in [7, 11) is 0. The van der Waals surface area contributed by atoms with Gasteiger partial charge in [-0.3, -0.25) is 4.79 Å². The minimum absolute atomic E-state index is 0.0972. The first-order valence-electron chi connectivity index (χ1n) is 7.86. The molecule has 128 valence electrons. The molecule has 3 N–H and O–H groups in total. The highest BCUT2D eigenvalue weighted by Crippen LogP contribution is 2.34. The molecule has 0 bridgehead atoms. The number of alkyl halides is 3. The number of hydrogen-bond acceptors (Lipinski definition) is 3. The van der Waals surface area contributed by atoms with Gasteiger partial charge in [-0.25, -0.2) is 0 Å². The third-order valence-corrected chi connectivity index (χ3v) is 3.60. The highest BCUT2D eigenvalue weighted by molar-refractivity contribution is 5.95. The van der Waals surface area contributed by atoms with E-state index < -0.39 is 11.7 Å². The Balaban J connectivity index is 2.03. The minimum Gasteiger partial charge on any atom is -0.383 e. The Bertz CT molecular complexity index is 542. The summed E-state index contributed by atoms with van der Waals surface area (Å²) in [4.78, 5) is 11.9. The van der Waals surface area contributed by atoms with Crippen molar-refractivity contribution in [3.05, 3.63) is 23.8 Å². The molecular weight excluding hydrogens is 307 g/mol. The number of halogens is 3. The molecule has 0 aromatic heterocycles. The Labute approximate surface area is 133 Å². The molecular formula is C16H22F3N3O. The quantitative estimate of drug-likeness (QED) is 0.684. The fourth-order valence-corrected chi connectivity index (χ4v) is 2.14. The highest BCUT2D eigenvalue weighted by atomic mass is 19.4. The standard InChI is InChI=1S/C16H22F3N3O/c1-2-7-21-13-6-5-12(16(17,18)19)8-14(13)22-15(23)10-20-9-11-3-4-11/h5-6,8,11,20-21H,2-4,7,9-10H2,1H3,(H,22,23). The van der Waals surface area contributed by atoms with E-state index in [2.05, 4.69) is 16.0 Å². The van der Waals surface area contributed by atoms with Gasteiger partial charge in [0.15, 0.2) is 0 Å². The molecule has 0 unspecified atom stereocenters. The summed E-state index contributed by atoms with van der Waals surface area (Å²) in [5.41, 5.74) is -0.123. The van der Waals surface area contributed by atoms with Gasteiger partial charge >= 0.3 is 6.18 Å². The van der Waals surface area contributed by atoms with Crippen LogP contribution in [-0.2, 0) is 11.0 Å². The monoisotopic (exact) mass is 329 g/mol. The van der Waals surface area contributed by atoms with Gasteiger partial charge in [-0.1, -0.05) is 6.92 Å². The summed E-state index contributed by atoms with van der Waals surface area (Å²) in [5.74, 6) is 0.294.